The van der Waals surface area contributed by atoms with Crippen molar-refractivity contribution in [1.82, 2.24) is 4.98 Å². The van der Waals surface area contributed by atoms with Crippen molar-refractivity contribution in [3.05, 3.63) is 40.9 Å². The standard InChI is InChI=1S/C15H17NO2S2/c1-4-13(20-15-16-10(2)9-19-15)14(17)11-5-7-12(18-3)8-6-11/h5-9,13H,4H2,1-3H3. The summed E-state index contributed by atoms with van der Waals surface area (Å²) in [5.41, 5.74) is 1.72. The second-order valence-corrected chi connectivity index (χ2v) is 6.67. The molecule has 3 nitrogen and oxygen atoms in total. The first-order valence-corrected chi connectivity index (χ1v) is 8.17. The zero-order valence-electron chi connectivity index (χ0n) is 11.8. The summed E-state index contributed by atoms with van der Waals surface area (Å²) in [5.74, 6) is 0.908. The molecule has 0 radical (unpaired) electrons. The second kappa shape index (κ2) is 6.90. The van der Waals surface area contributed by atoms with Gasteiger partial charge in [0, 0.05) is 16.6 Å². The van der Waals surface area contributed by atoms with Crippen LogP contribution in [0, 0.1) is 6.92 Å². The molecule has 0 aliphatic heterocycles. The summed E-state index contributed by atoms with van der Waals surface area (Å²) in [6.07, 6.45) is 0.786. The van der Waals surface area contributed by atoms with Gasteiger partial charge < -0.3 is 4.74 Å². The molecule has 1 atom stereocenters. The summed E-state index contributed by atoms with van der Waals surface area (Å²) in [6.45, 7) is 3.99. The number of thiazole rings is 1. The van der Waals surface area contributed by atoms with Crippen LogP contribution in [0.25, 0.3) is 0 Å². The Kier molecular flexibility index (Phi) is 5.20. The number of carbonyl (C=O) groups excluding carboxylic acids is 1. The molecule has 0 N–H and O–H groups in total. The molecular formula is C15H17NO2S2. The number of ketones is 1. The van der Waals surface area contributed by atoms with Crippen molar-refractivity contribution in [2.45, 2.75) is 29.9 Å². The highest BCUT2D eigenvalue weighted by atomic mass is 32.2. The van der Waals surface area contributed by atoms with Crippen LogP contribution in [-0.4, -0.2) is 23.1 Å². The first-order valence-electron chi connectivity index (χ1n) is 6.41. The fourth-order valence-electron chi connectivity index (χ4n) is 1.77. The molecule has 1 aromatic carbocycles. The zero-order valence-corrected chi connectivity index (χ0v) is 13.4. The Morgan fingerprint density at radius 3 is 2.60 bits per heavy atom. The predicted molar refractivity (Wildman–Crippen MR) is 84.1 cm³/mol. The number of methoxy groups -OCH3 is 1. The summed E-state index contributed by atoms with van der Waals surface area (Å²) in [4.78, 5) is 16.9. The van der Waals surface area contributed by atoms with Gasteiger partial charge in [0.25, 0.3) is 0 Å². The van der Waals surface area contributed by atoms with E-state index in [0.717, 1.165) is 27.8 Å². The minimum Gasteiger partial charge on any atom is -0.497 e. The molecule has 0 spiro atoms. The van der Waals surface area contributed by atoms with Gasteiger partial charge in [0.2, 0.25) is 0 Å². The highest BCUT2D eigenvalue weighted by Gasteiger charge is 2.20. The first kappa shape index (κ1) is 15.1. The van der Waals surface area contributed by atoms with Gasteiger partial charge in [0.15, 0.2) is 10.1 Å². The average Bonchev–Trinajstić information content (AvgIpc) is 2.89. The van der Waals surface area contributed by atoms with Gasteiger partial charge in [-0.25, -0.2) is 4.98 Å². The van der Waals surface area contributed by atoms with Gasteiger partial charge >= 0.3 is 0 Å². The maximum Gasteiger partial charge on any atom is 0.176 e. The summed E-state index contributed by atoms with van der Waals surface area (Å²) in [7, 11) is 1.62. The number of Topliss-reactive ketones (excluding diaryl/α,β-unsaturated/α-hetero) is 1. The maximum atomic E-state index is 12.5. The van der Waals surface area contributed by atoms with Gasteiger partial charge in [-0.05, 0) is 37.6 Å². The van der Waals surface area contributed by atoms with E-state index in [1.807, 2.05) is 43.5 Å². The zero-order chi connectivity index (χ0) is 14.5. The molecule has 1 unspecified atom stereocenters. The summed E-state index contributed by atoms with van der Waals surface area (Å²) < 4.78 is 6.06. The fourth-order valence-corrected chi connectivity index (χ4v) is 3.86. The molecule has 0 saturated carbocycles. The van der Waals surface area contributed by atoms with Crippen LogP contribution in [0.3, 0.4) is 0 Å². The van der Waals surface area contributed by atoms with Crippen molar-refractivity contribution in [3.8, 4) is 5.75 Å². The molecule has 0 amide bonds. The number of aryl methyl sites for hydroxylation is 1. The SMILES string of the molecule is CCC(Sc1nc(C)cs1)C(=O)c1ccc(OC)cc1. The minimum absolute atomic E-state index is 0.0889. The normalized spacial score (nSPS) is 12.2. The van der Waals surface area contributed by atoms with Crippen molar-refractivity contribution in [1.29, 1.82) is 0 Å². The third kappa shape index (κ3) is 3.61. The van der Waals surface area contributed by atoms with Crippen molar-refractivity contribution < 1.29 is 9.53 Å². The molecule has 0 saturated heterocycles. The largest absolute Gasteiger partial charge is 0.497 e. The molecule has 20 heavy (non-hydrogen) atoms. The number of carbonyl (C=O) groups is 1. The van der Waals surface area contributed by atoms with E-state index >= 15 is 0 Å². The smallest absolute Gasteiger partial charge is 0.176 e. The highest BCUT2D eigenvalue weighted by molar-refractivity contribution is 8.02. The van der Waals surface area contributed by atoms with E-state index in [1.165, 1.54) is 0 Å². The van der Waals surface area contributed by atoms with Crippen molar-refractivity contribution in [2.75, 3.05) is 7.11 Å². The molecule has 5 heteroatoms. The number of aromatic nitrogens is 1. The Balaban J connectivity index is 2.11. The van der Waals surface area contributed by atoms with E-state index in [9.17, 15) is 4.79 Å². The predicted octanol–water partition coefficient (Wildman–Crippen LogP) is 4.21. The van der Waals surface area contributed by atoms with Crippen LogP contribution in [0.2, 0.25) is 0 Å². The van der Waals surface area contributed by atoms with E-state index < -0.39 is 0 Å². The molecular weight excluding hydrogens is 290 g/mol. The van der Waals surface area contributed by atoms with Gasteiger partial charge in [-0.1, -0.05) is 18.7 Å². The van der Waals surface area contributed by atoms with Crippen LogP contribution in [0.5, 0.6) is 5.75 Å². The molecule has 1 aromatic heterocycles. The molecule has 106 valence electrons. The van der Waals surface area contributed by atoms with Gasteiger partial charge in [0.1, 0.15) is 5.75 Å². The van der Waals surface area contributed by atoms with E-state index in [0.29, 0.717) is 0 Å². The lowest BCUT2D eigenvalue weighted by Gasteiger charge is -2.12. The van der Waals surface area contributed by atoms with E-state index in [1.54, 1.807) is 30.2 Å². The van der Waals surface area contributed by atoms with E-state index in [-0.39, 0.29) is 11.0 Å². The number of hydrogen-bond donors (Lipinski definition) is 0. The molecule has 0 aliphatic carbocycles. The number of thioether (sulfide) groups is 1. The van der Waals surface area contributed by atoms with Crippen LogP contribution in [-0.2, 0) is 0 Å². The topological polar surface area (TPSA) is 39.2 Å². The lowest BCUT2D eigenvalue weighted by atomic mass is 10.1. The monoisotopic (exact) mass is 307 g/mol. The molecule has 0 aliphatic rings. The molecule has 2 aromatic rings. The molecule has 2 rings (SSSR count). The van der Waals surface area contributed by atoms with E-state index in [2.05, 4.69) is 4.98 Å². The minimum atomic E-state index is -0.0889. The molecule has 0 bridgehead atoms. The summed E-state index contributed by atoms with van der Waals surface area (Å²) in [6, 6.07) is 7.27. The first-order chi connectivity index (χ1) is 9.63. The summed E-state index contributed by atoms with van der Waals surface area (Å²) >= 11 is 3.14. The van der Waals surface area contributed by atoms with Gasteiger partial charge in [-0.15, -0.1) is 11.3 Å². The lowest BCUT2D eigenvalue weighted by molar-refractivity contribution is 0.0988. The van der Waals surface area contributed by atoms with Crippen LogP contribution in [0.1, 0.15) is 29.4 Å². The Morgan fingerprint density at radius 1 is 1.40 bits per heavy atom. The third-order valence-electron chi connectivity index (χ3n) is 2.88. The lowest BCUT2D eigenvalue weighted by Crippen LogP contribution is -2.16. The van der Waals surface area contributed by atoms with E-state index in [4.69, 9.17) is 4.74 Å². The fraction of sp³-hybridized carbons (Fsp3) is 0.333. The maximum absolute atomic E-state index is 12.5. The number of nitrogens with zero attached hydrogens (tertiary/aromatic N) is 1. The average molecular weight is 307 g/mol. The third-order valence-corrected chi connectivity index (χ3v) is 5.33. The summed E-state index contributed by atoms with van der Waals surface area (Å²) in [5, 5.41) is 1.92. The van der Waals surface area contributed by atoms with Crippen molar-refractivity contribution in [2.24, 2.45) is 0 Å². The number of rotatable bonds is 6. The van der Waals surface area contributed by atoms with Gasteiger partial charge in [-0.3, -0.25) is 4.79 Å². The van der Waals surface area contributed by atoms with Gasteiger partial charge in [-0.2, -0.15) is 0 Å². The van der Waals surface area contributed by atoms with Crippen molar-refractivity contribution >= 4 is 28.9 Å². The van der Waals surface area contributed by atoms with Crippen LogP contribution >= 0.6 is 23.1 Å². The Hall–Kier alpha value is -1.33. The number of hydrogen-bond acceptors (Lipinski definition) is 5. The Labute approximate surface area is 127 Å². The molecule has 0 fully saturated rings. The van der Waals surface area contributed by atoms with Crippen LogP contribution in [0.15, 0.2) is 34.0 Å². The van der Waals surface area contributed by atoms with Crippen molar-refractivity contribution in [3.63, 3.8) is 0 Å². The quantitative estimate of drug-likeness (QED) is 0.592. The highest BCUT2D eigenvalue weighted by Crippen LogP contribution is 2.30. The van der Waals surface area contributed by atoms with Crippen LogP contribution in [0.4, 0.5) is 0 Å². The van der Waals surface area contributed by atoms with Crippen LogP contribution < -0.4 is 4.74 Å². The second-order valence-electron chi connectivity index (χ2n) is 4.36. The Morgan fingerprint density at radius 2 is 2.10 bits per heavy atom. The molecule has 1 heterocycles. The number of ether oxygens (including phenoxy) is 1. The Bertz CT molecular complexity index is 578. The van der Waals surface area contributed by atoms with Gasteiger partial charge in [0.05, 0.1) is 12.4 Å². The number of benzene rings is 1.